The molecule has 1 aromatic carbocycles. The fourth-order valence-corrected chi connectivity index (χ4v) is 2.92. The maximum Gasteiger partial charge on any atom is 0.138 e. The molecule has 0 aliphatic carbocycles. The number of anilines is 1. The van der Waals surface area contributed by atoms with Crippen LogP contribution in [-0.2, 0) is 0 Å². The summed E-state index contributed by atoms with van der Waals surface area (Å²) in [5.74, 6) is 0.255. The van der Waals surface area contributed by atoms with Gasteiger partial charge in [-0.3, -0.25) is 4.40 Å². The molecule has 2 N–H and O–H groups in total. The van der Waals surface area contributed by atoms with Gasteiger partial charge in [-0.15, -0.1) is 0 Å². The summed E-state index contributed by atoms with van der Waals surface area (Å²) in [5, 5.41) is 13.3. The van der Waals surface area contributed by atoms with E-state index in [2.05, 4.69) is 50.4 Å². The summed E-state index contributed by atoms with van der Waals surface area (Å²) in [6, 6.07) is 11.3. The molecule has 0 aliphatic rings. The molecular formula is C19H23N3O. The summed E-state index contributed by atoms with van der Waals surface area (Å²) in [5.41, 5.74) is 6.05. The van der Waals surface area contributed by atoms with Crippen molar-refractivity contribution in [2.75, 3.05) is 5.32 Å². The molecule has 4 nitrogen and oxygen atoms in total. The minimum Gasteiger partial charge on any atom is -0.508 e. The van der Waals surface area contributed by atoms with E-state index < -0.39 is 0 Å². The minimum atomic E-state index is 0.000965. The van der Waals surface area contributed by atoms with Crippen LogP contribution in [0.3, 0.4) is 0 Å². The fourth-order valence-electron chi connectivity index (χ4n) is 2.92. The zero-order valence-electron chi connectivity index (χ0n) is 14.3. The Kier molecular flexibility index (Phi) is 3.55. The number of aromatic nitrogens is 2. The van der Waals surface area contributed by atoms with Crippen LogP contribution in [0.25, 0.3) is 16.9 Å². The van der Waals surface area contributed by atoms with Gasteiger partial charge in [-0.25, -0.2) is 4.98 Å². The molecule has 0 amide bonds. The lowest BCUT2D eigenvalue weighted by atomic mass is 10.1. The summed E-state index contributed by atoms with van der Waals surface area (Å²) in [7, 11) is 0. The van der Waals surface area contributed by atoms with Gasteiger partial charge in [0.1, 0.15) is 11.4 Å². The highest BCUT2D eigenvalue weighted by Gasteiger charge is 2.16. The van der Waals surface area contributed by atoms with Crippen molar-refractivity contribution in [3.63, 3.8) is 0 Å². The van der Waals surface area contributed by atoms with Gasteiger partial charge >= 0.3 is 0 Å². The Morgan fingerprint density at radius 2 is 1.78 bits per heavy atom. The molecule has 23 heavy (non-hydrogen) atoms. The third-order valence-electron chi connectivity index (χ3n) is 3.89. The van der Waals surface area contributed by atoms with Gasteiger partial charge in [0.15, 0.2) is 0 Å². The Morgan fingerprint density at radius 1 is 1.04 bits per heavy atom. The highest BCUT2D eigenvalue weighted by atomic mass is 16.3. The van der Waals surface area contributed by atoms with E-state index >= 15 is 0 Å². The molecule has 0 bridgehead atoms. The van der Waals surface area contributed by atoms with Gasteiger partial charge in [-0.1, -0.05) is 12.1 Å². The van der Waals surface area contributed by atoms with Crippen LogP contribution in [0.1, 0.15) is 32.2 Å². The average molecular weight is 309 g/mol. The van der Waals surface area contributed by atoms with E-state index in [9.17, 15) is 5.11 Å². The quantitative estimate of drug-likeness (QED) is 0.731. The predicted octanol–water partition coefficient (Wildman–Crippen LogP) is 4.53. The number of hydrogen-bond acceptors (Lipinski definition) is 3. The molecule has 2 aromatic heterocycles. The van der Waals surface area contributed by atoms with Crippen molar-refractivity contribution in [1.29, 1.82) is 0 Å². The summed E-state index contributed by atoms with van der Waals surface area (Å²) in [6.07, 6.45) is 0. The van der Waals surface area contributed by atoms with Crippen LogP contribution in [0, 0.1) is 13.8 Å². The van der Waals surface area contributed by atoms with E-state index in [0.717, 1.165) is 34.0 Å². The van der Waals surface area contributed by atoms with Gasteiger partial charge in [0.2, 0.25) is 0 Å². The Morgan fingerprint density at radius 3 is 2.43 bits per heavy atom. The Labute approximate surface area is 136 Å². The molecule has 0 atom stereocenters. The molecule has 3 aromatic rings. The molecule has 0 spiro atoms. The number of phenolic OH excluding ortho intramolecular Hbond substituents is 1. The molecular weight excluding hydrogens is 286 g/mol. The predicted molar refractivity (Wildman–Crippen MR) is 95.1 cm³/mol. The van der Waals surface area contributed by atoms with Crippen molar-refractivity contribution in [1.82, 2.24) is 9.38 Å². The first-order valence-corrected chi connectivity index (χ1v) is 7.82. The lowest BCUT2D eigenvalue weighted by molar-refractivity contribution is 0.475. The van der Waals surface area contributed by atoms with E-state index in [1.165, 1.54) is 0 Å². The molecule has 120 valence electrons. The first-order chi connectivity index (χ1) is 10.8. The van der Waals surface area contributed by atoms with E-state index in [1.807, 2.05) is 18.2 Å². The molecule has 3 rings (SSSR count). The number of fused-ring (bicyclic) bond motifs is 1. The fraction of sp³-hybridized carbons (Fsp3) is 0.316. The monoisotopic (exact) mass is 309 g/mol. The first kappa shape index (κ1) is 15.4. The van der Waals surface area contributed by atoms with Crippen LogP contribution in [0.15, 0.2) is 36.4 Å². The molecule has 0 saturated heterocycles. The number of nitrogens with zero attached hydrogens (tertiary/aromatic N) is 2. The van der Waals surface area contributed by atoms with Crippen LogP contribution in [0.2, 0.25) is 0 Å². The van der Waals surface area contributed by atoms with Crippen LogP contribution in [0.4, 0.5) is 5.69 Å². The van der Waals surface area contributed by atoms with E-state index in [1.54, 1.807) is 12.1 Å². The number of phenols is 1. The van der Waals surface area contributed by atoms with Crippen molar-refractivity contribution < 1.29 is 5.11 Å². The Hall–Kier alpha value is -2.49. The first-order valence-electron chi connectivity index (χ1n) is 7.82. The second kappa shape index (κ2) is 5.30. The van der Waals surface area contributed by atoms with E-state index in [0.29, 0.717) is 0 Å². The van der Waals surface area contributed by atoms with Crippen LogP contribution in [-0.4, -0.2) is 20.0 Å². The maximum atomic E-state index is 9.72. The van der Waals surface area contributed by atoms with E-state index in [-0.39, 0.29) is 11.3 Å². The number of rotatable bonds is 2. The van der Waals surface area contributed by atoms with Gasteiger partial charge < -0.3 is 10.4 Å². The molecule has 0 aliphatic heterocycles. The van der Waals surface area contributed by atoms with Crippen molar-refractivity contribution in [3.05, 3.63) is 47.8 Å². The van der Waals surface area contributed by atoms with Gasteiger partial charge in [-0.2, -0.15) is 0 Å². The average Bonchev–Trinajstić information content (AvgIpc) is 2.79. The van der Waals surface area contributed by atoms with Gasteiger partial charge in [0.05, 0.1) is 11.4 Å². The highest BCUT2D eigenvalue weighted by molar-refractivity contribution is 5.69. The number of nitrogens with one attached hydrogen (secondary N) is 1. The number of benzene rings is 1. The summed E-state index contributed by atoms with van der Waals surface area (Å²) in [6.45, 7) is 10.6. The summed E-state index contributed by atoms with van der Waals surface area (Å²) >= 11 is 0. The topological polar surface area (TPSA) is 49.6 Å². The summed E-state index contributed by atoms with van der Waals surface area (Å²) in [4.78, 5) is 4.75. The standard InChI is InChI=1S/C19H23N3O/c1-12-16(21-19(3,4)5)9-10-17-20-18(13(2)22(12)17)14-7-6-8-15(23)11-14/h6-11,21,23H,1-5H3. The lowest BCUT2D eigenvalue weighted by Crippen LogP contribution is -2.26. The minimum absolute atomic E-state index is 0.000965. The number of imidazole rings is 1. The van der Waals surface area contributed by atoms with Crippen molar-refractivity contribution in [2.45, 2.75) is 40.2 Å². The normalized spacial score (nSPS) is 11.9. The van der Waals surface area contributed by atoms with Crippen LogP contribution in [0.5, 0.6) is 5.75 Å². The molecule has 0 radical (unpaired) electrons. The molecule has 0 saturated carbocycles. The second-order valence-electron chi connectivity index (χ2n) is 7.00. The smallest absolute Gasteiger partial charge is 0.138 e. The summed E-state index contributed by atoms with van der Waals surface area (Å²) < 4.78 is 2.16. The number of aromatic hydroxyl groups is 1. The van der Waals surface area contributed by atoms with E-state index in [4.69, 9.17) is 4.98 Å². The van der Waals surface area contributed by atoms with Gasteiger partial charge in [-0.05, 0) is 58.9 Å². The van der Waals surface area contributed by atoms with Crippen molar-refractivity contribution in [2.24, 2.45) is 0 Å². The molecule has 0 unspecified atom stereocenters. The zero-order chi connectivity index (χ0) is 16.8. The van der Waals surface area contributed by atoms with Crippen LogP contribution < -0.4 is 5.32 Å². The number of hydrogen-bond donors (Lipinski definition) is 2. The Bertz CT molecular complexity index is 872. The SMILES string of the molecule is Cc1c(NC(C)(C)C)ccc2nc(-c3cccc(O)c3)c(C)n12. The van der Waals surface area contributed by atoms with Gasteiger partial charge in [0, 0.05) is 22.5 Å². The third kappa shape index (κ3) is 2.89. The number of pyridine rings is 1. The van der Waals surface area contributed by atoms with Crippen LogP contribution >= 0.6 is 0 Å². The van der Waals surface area contributed by atoms with Gasteiger partial charge in [0.25, 0.3) is 0 Å². The number of aryl methyl sites for hydroxylation is 2. The highest BCUT2D eigenvalue weighted by Crippen LogP contribution is 2.29. The molecule has 4 heteroatoms. The Balaban J connectivity index is 2.18. The van der Waals surface area contributed by atoms with Crippen molar-refractivity contribution >= 4 is 11.3 Å². The third-order valence-corrected chi connectivity index (χ3v) is 3.89. The van der Waals surface area contributed by atoms with Crippen molar-refractivity contribution in [3.8, 4) is 17.0 Å². The second-order valence-corrected chi connectivity index (χ2v) is 7.00. The lowest BCUT2D eigenvalue weighted by Gasteiger charge is -2.24. The maximum absolute atomic E-state index is 9.72. The molecule has 2 heterocycles. The molecule has 0 fully saturated rings. The largest absolute Gasteiger partial charge is 0.508 e. The zero-order valence-corrected chi connectivity index (χ0v) is 14.3.